The standard InChI is InChI=1S/C16H19N3O2/c1-2-3-9-13(16(20)21)19-15-11-17-14(10-18-15)12-7-5-4-6-8-12/h4-8,10-11,13H,2-3,9H2,1H3,(H,18,19)(H,20,21). The van der Waals surface area contributed by atoms with E-state index in [0.29, 0.717) is 12.2 Å². The number of nitrogens with one attached hydrogen (secondary N) is 1. The highest BCUT2D eigenvalue weighted by Crippen LogP contribution is 2.16. The summed E-state index contributed by atoms with van der Waals surface area (Å²) in [6.07, 6.45) is 5.62. The van der Waals surface area contributed by atoms with Crippen LogP contribution in [0.3, 0.4) is 0 Å². The second kappa shape index (κ2) is 7.38. The summed E-state index contributed by atoms with van der Waals surface area (Å²) in [5, 5.41) is 12.1. The lowest BCUT2D eigenvalue weighted by Gasteiger charge is -2.14. The third-order valence-corrected chi connectivity index (χ3v) is 3.19. The molecule has 2 rings (SSSR count). The second-order valence-corrected chi connectivity index (χ2v) is 4.83. The SMILES string of the molecule is CCCCC(Nc1cnc(-c2ccccc2)cn1)C(=O)O. The van der Waals surface area contributed by atoms with E-state index >= 15 is 0 Å². The molecule has 5 nitrogen and oxygen atoms in total. The Morgan fingerprint density at radius 3 is 2.57 bits per heavy atom. The van der Waals surface area contributed by atoms with Crippen molar-refractivity contribution in [3.8, 4) is 11.3 Å². The summed E-state index contributed by atoms with van der Waals surface area (Å²) in [5.41, 5.74) is 1.75. The highest BCUT2D eigenvalue weighted by atomic mass is 16.4. The number of carbonyl (C=O) groups is 1. The van der Waals surface area contributed by atoms with Crippen LogP contribution < -0.4 is 5.32 Å². The number of hydrogen-bond acceptors (Lipinski definition) is 4. The third kappa shape index (κ3) is 4.27. The van der Waals surface area contributed by atoms with E-state index in [9.17, 15) is 9.90 Å². The van der Waals surface area contributed by atoms with Gasteiger partial charge in [0.15, 0.2) is 0 Å². The van der Waals surface area contributed by atoms with Crippen molar-refractivity contribution in [2.75, 3.05) is 5.32 Å². The molecule has 0 aliphatic carbocycles. The van der Waals surface area contributed by atoms with Crippen LogP contribution in [0.1, 0.15) is 26.2 Å². The molecule has 1 atom stereocenters. The minimum absolute atomic E-state index is 0.484. The van der Waals surface area contributed by atoms with E-state index in [1.54, 1.807) is 12.4 Å². The first-order valence-electron chi connectivity index (χ1n) is 7.07. The van der Waals surface area contributed by atoms with Gasteiger partial charge < -0.3 is 10.4 Å². The molecule has 2 N–H and O–H groups in total. The van der Waals surface area contributed by atoms with E-state index < -0.39 is 12.0 Å². The number of benzene rings is 1. The summed E-state index contributed by atoms with van der Waals surface area (Å²) in [7, 11) is 0. The summed E-state index contributed by atoms with van der Waals surface area (Å²) < 4.78 is 0. The number of unbranched alkanes of at least 4 members (excludes halogenated alkanes) is 1. The monoisotopic (exact) mass is 285 g/mol. The van der Waals surface area contributed by atoms with Crippen LogP contribution in [0.5, 0.6) is 0 Å². The van der Waals surface area contributed by atoms with E-state index in [2.05, 4.69) is 15.3 Å². The molecule has 1 aromatic carbocycles. The Balaban J connectivity index is 2.06. The fraction of sp³-hybridized carbons (Fsp3) is 0.312. The van der Waals surface area contributed by atoms with Gasteiger partial charge in [-0.05, 0) is 6.42 Å². The summed E-state index contributed by atoms with van der Waals surface area (Å²) >= 11 is 0. The van der Waals surface area contributed by atoms with Crippen LogP contribution in [0.15, 0.2) is 42.7 Å². The Hall–Kier alpha value is -2.43. The first kappa shape index (κ1) is 15.0. The number of hydrogen-bond donors (Lipinski definition) is 2. The second-order valence-electron chi connectivity index (χ2n) is 4.83. The molecule has 0 bridgehead atoms. The minimum atomic E-state index is -0.864. The molecule has 5 heteroatoms. The van der Waals surface area contributed by atoms with Gasteiger partial charge in [-0.2, -0.15) is 0 Å². The molecule has 0 saturated heterocycles. The van der Waals surface area contributed by atoms with Crippen molar-refractivity contribution in [1.29, 1.82) is 0 Å². The van der Waals surface area contributed by atoms with E-state index in [-0.39, 0.29) is 0 Å². The van der Waals surface area contributed by atoms with Crippen LogP contribution in [0.2, 0.25) is 0 Å². The fourth-order valence-corrected chi connectivity index (χ4v) is 2.00. The van der Waals surface area contributed by atoms with Gasteiger partial charge in [-0.1, -0.05) is 50.1 Å². The number of anilines is 1. The summed E-state index contributed by atoms with van der Waals surface area (Å²) in [4.78, 5) is 19.8. The van der Waals surface area contributed by atoms with Crippen LogP contribution >= 0.6 is 0 Å². The molecule has 1 heterocycles. The zero-order valence-electron chi connectivity index (χ0n) is 12.0. The van der Waals surface area contributed by atoms with E-state index in [1.807, 2.05) is 37.3 Å². The number of nitrogens with zero attached hydrogens (tertiary/aromatic N) is 2. The van der Waals surface area contributed by atoms with E-state index in [0.717, 1.165) is 24.1 Å². The maximum absolute atomic E-state index is 11.2. The van der Waals surface area contributed by atoms with Crippen LogP contribution in [0, 0.1) is 0 Å². The molecule has 0 radical (unpaired) electrons. The molecule has 1 aromatic heterocycles. The van der Waals surface area contributed by atoms with Gasteiger partial charge >= 0.3 is 5.97 Å². The van der Waals surface area contributed by atoms with Gasteiger partial charge in [0, 0.05) is 5.56 Å². The average Bonchev–Trinajstić information content (AvgIpc) is 2.52. The Morgan fingerprint density at radius 2 is 2.00 bits per heavy atom. The molecule has 2 aromatic rings. The van der Waals surface area contributed by atoms with Crippen LogP contribution in [-0.4, -0.2) is 27.1 Å². The largest absolute Gasteiger partial charge is 0.480 e. The van der Waals surface area contributed by atoms with Crippen molar-refractivity contribution in [1.82, 2.24) is 9.97 Å². The van der Waals surface area contributed by atoms with Crippen molar-refractivity contribution < 1.29 is 9.90 Å². The number of aliphatic carboxylic acids is 1. The summed E-state index contributed by atoms with van der Waals surface area (Å²) in [6.45, 7) is 2.04. The number of rotatable bonds is 7. The minimum Gasteiger partial charge on any atom is -0.480 e. The number of carboxylic acids is 1. The average molecular weight is 285 g/mol. The van der Waals surface area contributed by atoms with Crippen molar-refractivity contribution in [2.24, 2.45) is 0 Å². The maximum Gasteiger partial charge on any atom is 0.326 e. The predicted molar refractivity (Wildman–Crippen MR) is 82.0 cm³/mol. The molecular weight excluding hydrogens is 266 g/mol. The highest BCUT2D eigenvalue weighted by Gasteiger charge is 2.16. The molecule has 0 spiro atoms. The molecular formula is C16H19N3O2. The molecule has 0 amide bonds. The summed E-state index contributed by atoms with van der Waals surface area (Å²) in [5.74, 6) is -0.379. The highest BCUT2D eigenvalue weighted by molar-refractivity contribution is 5.76. The topological polar surface area (TPSA) is 75.1 Å². The molecule has 0 aliphatic heterocycles. The molecule has 1 unspecified atom stereocenters. The predicted octanol–water partition coefficient (Wildman–Crippen LogP) is 3.20. The van der Waals surface area contributed by atoms with Gasteiger partial charge in [0.1, 0.15) is 11.9 Å². The smallest absolute Gasteiger partial charge is 0.326 e. The first-order chi connectivity index (χ1) is 10.2. The lowest BCUT2D eigenvalue weighted by molar-refractivity contribution is -0.138. The van der Waals surface area contributed by atoms with Crippen LogP contribution in [0.4, 0.5) is 5.82 Å². The number of carboxylic acid groups (broad SMARTS) is 1. The van der Waals surface area contributed by atoms with Crippen LogP contribution in [-0.2, 0) is 4.79 Å². The van der Waals surface area contributed by atoms with Crippen molar-refractivity contribution in [3.63, 3.8) is 0 Å². The zero-order chi connectivity index (χ0) is 15.1. The summed E-state index contributed by atoms with van der Waals surface area (Å²) in [6, 6.07) is 9.11. The van der Waals surface area contributed by atoms with Crippen molar-refractivity contribution in [2.45, 2.75) is 32.2 Å². The maximum atomic E-state index is 11.2. The Labute approximate surface area is 124 Å². The quantitative estimate of drug-likeness (QED) is 0.817. The van der Waals surface area contributed by atoms with Gasteiger partial charge in [-0.25, -0.2) is 9.78 Å². The Kier molecular flexibility index (Phi) is 5.26. The van der Waals surface area contributed by atoms with Gasteiger partial charge in [-0.15, -0.1) is 0 Å². The van der Waals surface area contributed by atoms with Gasteiger partial charge in [0.05, 0.1) is 18.1 Å². The molecule has 21 heavy (non-hydrogen) atoms. The Bertz CT molecular complexity index is 570. The Morgan fingerprint density at radius 1 is 1.24 bits per heavy atom. The van der Waals surface area contributed by atoms with Gasteiger partial charge in [0.2, 0.25) is 0 Å². The van der Waals surface area contributed by atoms with Crippen molar-refractivity contribution >= 4 is 11.8 Å². The van der Waals surface area contributed by atoms with Crippen LogP contribution in [0.25, 0.3) is 11.3 Å². The van der Waals surface area contributed by atoms with E-state index in [4.69, 9.17) is 0 Å². The lowest BCUT2D eigenvalue weighted by atomic mass is 10.1. The molecule has 0 saturated carbocycles. The number of aromatic nitrogens is 2. The van der Waals surface area contributed by atoms with Crippen molar-refractivity contribution in [3.05, 3.63) is 42.7 Å². The normalized spacial score (nSPS) is 11.9. The fourth-order valence-electron chi connectivity index (χ4n) is 2.00. The molecule has 0 aliphatic rings. The lowest BCUT2D eigenvalue weighted by Crippen LogP contribution is -2.29. The van der Waals surface area contributed by atoms with Gasteiger partial charge in [-0.3, -0.25) is 4.98 Å². The zero-order valence-corrected chi connectivity index (χ0v) is 12.0. The van der Waals surface area contributed by atoms with Gasteiger partial charge in [0.25, 0.3) is 0 Å². The van der Waals surface area contributed by atoms with E-state index in [1.165, 1.54) is 0 Å². The third-order valence-electron chi connectivity index (χ3n) is 3.19. The first-order valence-corrected chi connectivity index (χ1v) is 7.07. The molecule has 110 valence electrons. The molecule has 0 fully saturated rings.